The fourth-order valence-electron chi connectivity index (χ4n) is 2.17. The van der Waals surface area contributed by atoms with Crippen LogP contribution in [0.3, 0.4) is 0 Å². The Morgan fingerprint density at radius 2 is 1.94 bits per heavy atom. The normalized spacial score (nSPS) is 22.4. The summed E-state index contributed by atoms with van der Waals surface area (Å²) in [6, 6.07) is 3.41. The molecule has 2 nitrogen and oxygen atoms in total. The lowest BCUT2D eigenvalue weighted by Gasteiger charge is -2.34. The summed E-state index contributed by atoms with van der Waals surface area (Å²) in [5.74, 6) is -1.94. The first kappa shape index (κ1) is 13.3. The molecule has 0 unspecified atom stereocenters. The van der Waals surface area contributed by atoms with Gasteiger partial charge in [0.25, 0.3) is 5.91 Å². The number of halogens is 3. The summed E-state index contributed by atoms with van der Waals surface area (Å²) in [5, 5.41) is 0.170. The molecule has 0 saturated heterocycles. The highest BCUT2D eigenvalue weighted by atomic mass is 35.5. The van der Waals surface area contributed by atoms with Crippen LogP contribution in [0.4, 0.5) is 8.78 Å². The number of alkyl halides is 1. The molecule has 0 N–H and O–H groups in total. The van der Waals surface area contributed by atoms with Crippen LogP contribution in [0.1, 0.15) is 23.2 Å². The lowest BCUT2D eigenvalue weighted by Crippen LogP contribution is -2.38. The van der Waals surface area contributed by atoms with Crippen LogP contribution in [0.5, 0.6) is 0 Å². The number of hydrogen-bond donors (Lipinski definition) is 0. The average Bonchev–Trinajstić information content (AvgIpc) is 2.26. The van der Waals surface area contributed by atoms with E-state index in [0.29, 0.717) is 12.5 Å². The summed E-state index contributed by atoms with van der Waals surface area (Å²) in [7, 11) is 1.55. The molecule has 1 saturated carbocycles. The molecule has 0 radical (unpaired) electrons. The number of hydrogen-bond acceptors (Lipinski definition) is 1. The highest BCUT2D eigenvalue weighted by molar-refractivity contribution is 6.21. The Kier molecular flexibility index (Phi) is 3.85. The summed E-state index contributed by atoms with van der Waals surface area (Å²) in [5.41, 5.74) is -0.484. The zero-order valence-corrected chi connectivity index (χ0v) is 10.8. The van der Waals surface area contributed by atoms with E-state index in [4.69, 9.17) is 11.6 Å². The first-order chi connectivity index (χ1) is 8.49. The predicted molar refractivity (Wildman–Crippen MR) is 65.7 cm³/mol. The molecule has 18 heavy (non-hydrogen) atoms. The van der Waals surface area contributed by atoms with Gasteiger partial charge in [0.2, 0.25) is 0 Å². The summed E-state index contributed by atoms with van der Waals surface area (Å²) in [6.07, 6.45) is 1.69. The van der Waals surface area contributed by atoms with E-state index >= 15 is 0 Å². The smallest absolute Gasteiger partial charge is 0.259 e. The van der Waals surface area contributed by atoms with Gasteiger partial charge in [-0.25, -0.2) is 8.78 Å². The van der Waals surface area contributed by atoms with E-state index in [9.17, 15) is 13.6 Å². The third-order valence-electron chi connectivity index (χ3n) is 3.23. The van der Waals surface area contributed by atoms with Gasteiger partial charge in [-0.3, -0.25) is 4.79 Å². The van der Waals surface area contributed by atoms with E-state index in [1.807, 2.05) is 0 Å². The molecule has 2 rings (SSSR count). The maximum atomic E-state index is 13.4. The third-order valence-corrected chi connectivity index (χ3v) is 3.59. The molecule has 98 valence electrons. The van der Waals surface area contributed by atoms with Gasteiger partial charge in [0.05, 0.1) is 0 Å². The number of benzene rings is 1. The maximum Gasteiger partial charge on any atom is 0.259 e. The fraction of sp³-hybridized carbons (Fsp3) is 0.462. The number of carbonyl (C=O) groups is 1. The minimum atomic E-state index is -0.823. The van der Waals surface area contributed by atoms with E-state index in [0.717, 1.165) is 25.0 Å². The van der Waals surface area contributed by atoms with Crippen molar-refractivity contribution >= 4 is 17.5 Å². The van der Waals surface area contributed by atoms with Crippen LogP contribution >= 0.6 is 11.6 Å². The Balaban J connectivity index is 2.06. The molecule has 0 atom stereocenters. The maximum absolute atomic E-state index is 13.4. The van der Waals surface area contributed by atoms with Crippen LogP contribution < -0.4 is 0 Å². The van der Waals surface area contributed by atoms with Crippen LogP contribution in [0.15, 0.2) is 18.2 Å². The summed E-state index contributed by atoms with van der Waals surface area (Å²) in [4.78, 5) is 13.3. The second kappa shape index (κ2) is 5.22. The second-order valence-corrected chi connectivity index (χ2v) is 5.33. The Hall–Kier alpha value is -1.16. The molecule has 1 fully saturated rings. The van der Waals surface area contributed by atoms with Gasteiger partial charge < -0.3 is 4.90 Å². The van der Waals surface area contributed by atoms with Crippen molar-refractivity contribution in [2.24, 2.45) is 5.92 Å². The lowest BCUT2D eigenvalue weighted by atomic mass is 9.84. The Morgan fingerprint density at radius 1 is 1.39 bits per heavy atom. The van der Waals surface area contributed by atoms with Crippen LogP contribution in [0.25, 0.3) is 0 Å². The van der Waals surface area contributed by atoms with E-state index in [1.165, 1.54) is 11.0 Å². The third kappa shape index (κ3) is 2.64. The van der Waals surface area contributed by atoms with Crippen molar-refractivity contribution in [2.45, 2.75) is 18.2 Å². The molecule has 0 heterocycles. The molecule has 0 aliphatic heterocycles. The highest BCUT2D eigenvalue weighted by Gasteiger charge is 2.30. The predicted octanol–water partition coefficient (Wildman–Crippen LogP) is 3.05. The molecule has 1 amide bonds. The summed E-state index contributed by atoms with van der Waals surface area (Å²) in [6.45, 7) is 0.482. The van der Waals surface area contributed by atoms with Gasteiger partial charge >= 0.3 is 0 Å². The fourth-order valence-corrected chi connectivity index (χ4v) is 2.67. The van der Waals surface area contributed by atoms with Crippen LogP contribution in [-0.2, 0) is 0 Å². The van der Waals surface area contributed by atoms with Crippen molar-refractivity contribution in [2.75, 3.05) is 13.6 Å². The van der Waals surface area contributed by atoms with Gasteiger partial charge in [-0.15, -0.1) is 11.6 Å². The van der Waals surface area contributed by atoms with Crippen molar-refractivity contribution in [3.63, 3.8) is 0 Å². The van der Waals surface area contributed by atoms with E-state index in [1.54, 1.807) is 7.05 Å². The number of carbonyl (C=O) groups excluding carboxylic acids is 1. The van der Waals surface area contributed by atoms with E-state index in [-0.39, 0.29) is 5.38 Å². The molecule has 5 heteroatoms. The van der Waals surface area contributed by atoms with Gasteiger partial charge in [0, 0.05) is 19.0 Å². The van der Waals surface area contributed by atoms with Crippen LogP contribution in [0, 0.1) is 17.6 Å². The van der Waals surface area contributed by atoms with Gasteiger partial charge in [-0.2, -0.15) is 0 Å². The largest absolute Gasteiger partial charge is 0.341 e. The molecule has 0 aromatic heterocycles. The van der Waals surface area contributed by atoms with Gasteiger partial charge in [0.1, 0.15) is 17.2 Å². The SMILES string of the molecule is CN(CC1CC(Cl)C1)C(=O)c1c(F)cccc1F. The van der Waals surface area contributed by atoms with Crippen LogP contribution in [-0.4, -0.2) is 29.8 Å². The van der Waals surface area contributed by atoms with Gasteiger partial charge in [-0.05, 0) is 30.9 Å². The molecule has 0 bridgehead atoms. The molecule has 0 spiro atoms. The minimum absolute atomic E-state index is 0.170. The number of nitrogens with zero attached hydrogens (tertiary/aromatic N) is 1. The molecular weight excluding hydrogens is 260 g/mol. The number of rotatable bonds is 3. The molecule has 1 aromatic rings. The quantitative estimate of drug-likeness (QED) is 0.775. The zero-order chi connectivity index (χ0) is 13.3. The van der Waals surface area contributed by atoms with Crippen molar-refractivity contribution in [1.82, 2.24) is 4.90 Å². The molecule has 1 aromatic carbocycles. The monoisotopic (exact) mass is 273 g/mol. The standard InChI is InChI=1S/C13H14ClF2NO/c1-17(7-8-5-9(14)6-8)13(18)12-10(15)3-2-4-11(12)16/h2-4,8-9H,5-7H2,1H3. The van der Waals surface area contributed by atoms with Gasteiger partial charge in [0.15, 0.2) is 0 Å². The number of amides is 1. The van der Waals surface area contributed by atoms with Gasteiger partial charge in [-0.1, -0.05) is 6.07 Å². The van der Waals surface area contributed by atoms with Crippen molar-refractivity contribution in [3.8, 4) is 0 Å². The highest BCUT2D eigenvalue weighted by Crippen LogP contribution is 2.32. The average molecular weight is 274 g/mol. The van der Waals surface area contributed by atoms with E-state index < -0.39 is 23.1 Å². The Bertz CT molecular complexity index is 440. The molecular formula is C13H14ClF2NO. The lowest BCUT2D eigenvalue weighted by molar-refractivity contribution is 0.0737. The van der Waals surface area contributed by atoms with E-state index in [2.05, 4.69) is 0 Å². The first-order valence-electron chi connectivity index (χ1n) is 5.82. The first-order valence-corrected chi connectivity index (χ1v) is 6.26. The topological polar surface area (TPSA) is 20.3 Å². The molecule has 1 aliphatic rings. The molecule has 1 aliphatic carbocycles. The Morgan fingerprint density at radius 3 is 2.44 bits per heavy atom. The van der Waals surface area contributed by atoms with Crippen molar-refractivity contribution in [1.29, 1.82) is 0 Å². The zero-order valence-electron chi connectivity index (χ0n) is 10.00. The second-order valence-electron chi connectivity index (χ2n) is 4.72. The van der Waals surface area contributed by atoms with Crippen molar-refractivity contribution < 1.29 is 13.6 Å². The van der Waals surface area contributed by atoms with Crippen molar-refractivity contribution in [3.05, 3.63) is 35.4 Å². The summed E-state index contributed by atoms with van der Waals surface area (Å²) >= 11 is 5.85. The minimum Gasteiger partial charge on any atom is -0.341 e. The summed E-state index contributed by atoms with van der Waals surface area (Å²) < 4.78 is 26.9. The van der Waals surface area contributed by atoms with Crippen LogP contribution in [0.2, 0.25) is 0 Å². The Labute approximate surface area is 110 Å².